The molecule has 0 bridgehead atoms. The van der Waals surface area contributed by atoms with Crippen molar-refractivity contribution in [1.29, 1.82) is 0 Å². The Morgan fingerprint density at radius 3 is 2.62 bits per heavy atom. The van der Waals surface area contributed by atoms with Gasteiger partial charge in [-0.2, -0.15) is 0 Å². The Hall–Kier alpha value is -2.89. The van der Waals surface area contributed by atoms with Gasteiger partial charge in [-0.05, 0) is 30.4 Å². The minimum absolute atomic E-state index is 0.287. The molecule has 1 N–H and O–H groups in total. The van der Waals surface area contributed by atoms with Gasteiger partial charge in [-0.3, -0.25) is 15.1 Å². The van der Waals surface area contributed by atoms with Gasteiger partial charge in [-0.25, -0.2) is 9.37 Å². The first-order valence-electron chi connectivity index (χ1n) is 9.48. The zero-order chi connectivity index (χ0) is 23.1. The number of methoxy groups -OCH3 is 2. The first kappa shape index (κ1) is 23.8. The number of halogens is 2. The first-order chi connectivity index (χ1) is 15.4. The molecule has 1 unspecified atom stereocenters. The fourth-order valence-corrected chi connectivity index (χ4v) is 3.48. The lowest BCUT2D eigenvalue weighted by Crippen LogP contribution is -2.14. The third kappa shape index (κ3) is 6.09. The van der Waals surface area contributed by atoms with Crippen LogP contribution in [0.25, 0.3) is 11.1 Å². The predicted molar refractivity (Wildman–Crippen MR) is 119 cm³/mol. The van der Waals surface area contributed by atoms with Crippen LogP contribution in [-0.2, 0) is 4.74 Å². The number of rotatable bonds is 5. The molecule has 1 atom stereocenters. The Morgan fingerprint density at radius 1 is 1.22 bits per heavy atom. The van der Waals surface area contributed by atoms with Gasteiger partial charge in [0, 0.05) is 36.0 Å². The molecular weight excluding hydrogens is 461 g/mol. The standard InChI is InChI=1S/C16H14ClN5O3S.C4H7FO/c1-8-4-9(10-5-13(17)19-7-12(10)24-2)11(6-18-8)14(23)20-15-21-22-16(25-3)26-15;5-4-1-2-6-3-4/h4-7H,1-3H3,(H,20,21,23);4H,1-3H2. The van der Waals surface area contributed by atoms with Crippen molar-refractivity contribution in [2.45, 2.75) is 19.5 Å². The molecule has 3 aromatic heterocycles. The number of nitrogens with zero attached hydrogens (tertiary/aromatic N) is 4. The molecule has 9 nitrogen and oxygen atoms in total. The highest BCUT2D eigenvalue weighted by atomic mass is 35.5. The fraction of sp³-hybridized carbons (Fsp3) is 0.350. The molecule has 0 radical (unpaired) electrons. The number of alkyl halides is 1. The van der Waals surface area contributed by atoms with Crippen molar-refractivity contribution in [1.82, 2.24) is 20.2 Å². The lowest BCUT2D eigenvalue weighted by molar-refractivity contribution is 0.102. The van der Waals surface area contributed by atoms with Gasteiger partial charge >= 0.3 is 0 Å². The summed E-state index contributed by atoms with van der Waals surface area (Å²) in [7, 11) is 3.00. The molecule has 0 spiro atoms. The highest BCUT2D eigenvalue weighted by molar-refractivity contribution is 7.17. The number of aryl methyl sites for hydroxylation is 1. The number of pyridine rings is 2. The molecule has 0 aromatic carbocycles. The van der Waals surface area contributed by atoms with Crippen LogP contribution in [0.2, 0.25) is 5.15 Å². The van der Waals surface area contributed by atoms with E-state index >= 15 is 0 Å². The average Bonchev–Trinajstić information content (AvgIpc) is 3.45. The van der Waals surface area contributed by atoms with E-state index in [4.69, 9.17) is 21.1 Å². The van der Waals surface area contributed by atoms with E-state index < -0.39 is 6.17 Å². The van der Waals surface area contributed by atoms with Crippen molar-refractivity contribution in [3.8, 4) is 22.1 Å². The quantitative estimate of drug-likeness (QED) is 0.545. The van der Waals surface area contributed by atoms with Gasteiger partial charge in [0.1, 0.15) is 17.1 Å². The number of nitrogens with one attached hydrogen (secondary N) is 1. The Balaban J connectivity index is 0.000000416. The first-order valence-corrected chi connectivity index (χ1v) is 10.7. The lowest BCUT2D eigenvalue weighted by atomic mass is 10.0. The molecule has 1 aliphatic heterocycles. The van der Waals surface area contributed by atoms with Crippen LogP contribution in [0.1, 0.15) is 22.5 Å². The second-order valence-corrected chi connectivity index (χ2v) is 7.90. The molecule has 0 aliphatic carbocycles. The van der Waals surface area contributed by atoms with E-state index in [0.29, 0.717) is 52.4 Å². The number of hydrogen-bond donors (Lipinski definition) is 1. The number of aromatic nitrogens is 4. The third-order valence-corrected chi connectivity index (χ3v) is 5.31. The Morgan fingerprint density at radius 2 is 2.03 bits per heavy atom. The molecule has 4 rings (SSSR count). The topological polar surface area (TPSA) is 108 Å². The van der Waals surface area contributed by atoms with E-state index in [2.05, 4.69) is 30.2 Å². The molecule has 3 aromatic rings. The van der Waals surface area contributed by atoms with E-state index in [1.165, 1.54) is 26.6 Å². The minimum Gasteiger partial charge on any atom is -0.494 e. The van der Waals surface area contributed by atoms with Gasteiger partial charge in [0.05, 0.1) is 32.6 Å². The summed E-state index contributed by atoms with van der Waals surface area (Å²) in [5.74, 6) is 0.105. The van der Waals surface area contributed by atoms with Crippen molar-refractivity contribution < 1.29 is 23.4 Å². The maximum atomic E-state index is 12.8. The second-order valence-electron chi connectivity index (χ2n) is 6.57. The minimum atomic E-state index is -0.676. The van der Waals surface area contributed by atoms with E-state index in [0.717, 1.165) is 17.0 Å². The number of amides is 1. The normalized spacial score (nSPS) is 15.0. The highest BCUT2D eigenvalue weighted by Gasteiger charge is 2.19. The summed E-state index contributed by atoms with van der Waals surface area (Å²) in [6.45, 7) is 2.76. The summed E-state index contributed by atoms with van der Waals surface area (Å²) in [5, 5.41) is 11.3. The monoisotopic (exact) mass is 481 g/mol. The summed E-state index contributed by atoms with van der Waals surface area (Å²) >= 11 is 7.15. The molecule has 1 saturated heterocycles. The molecule has 4 heterocycles. The molecule has 170 valence electrons. The van der Waals surface area contributed by atoms with E-state index in [9.17, 15) is 9.18 Å². The van der Waals surface area contributed by atoms with Crippen molar-refractivity contribution in [2.75, 3.05) is 32.8 Å². The largest absolute Gasteiger partial charge is 0.494 e. The van der Waals surface area contributed by atoms with Crippen LogP contribution in [0.3, 0.4) is 0 Å². The van der Waals surface area contributed by atoms with Crippen LogP contribution in [0.15, 0.2) is 24.5 Å². The SMILES string of the molecule is COc1nnc(NC(=O)c2cnc(C)cc2-c2cc(Cl)ncc2OC)s1.FC1CCOC1. The number of anilines is 1. The molecule has 32 heavy (non-hydrogen) atoms. The van der Waals surface area contributed by atoms with Gasteiger partial charge in [-0.15, -0.1) is 5.10 Å². The summed E-state index contributed by atoms with van der Waals surface area (Å²) < 4.78 is 26.8. The van der Waals surface area contributed by atoms with Crippen LogP contribution in [0, 0.1) is 6.92 Å². The van der Waals surface area contributed by atoms with Gasteiger partial charge in [0.15, 0.2) is 0 Å². The van der Waals surface area contributed by atoms with E-state index in [-0.39, 0.29) is 11.1 Å². The van der Waals surface area contributed by atoms with Crippen LogP contribution in [-0.4, -0.2) is 59.7 Å². The summed E-state index contributed by atoms with van der Waals surface area (Å²) in [6.07, 6.45) is 2.92. The number of carbonyl (C=O) groups is 1. The van der Waals surface area contributed by atoms with Gasteiger partial charge in [0.2, 0.25) is 5.13 Å². The maximum Gasteiger partial charge on any atom is 0.295 e. The maximum absolute atomic E-state index is 12.8. The molecule has 0 saturated carbocycles. The summed E-state index contributed by atoms with van der Waals surface area (Å²) in [5.41, 5.74) is 2.33. The van der Waals surface area contributed by atoms with Crippen LogP contribution in [0.4, 0.5) is 9.52 Å². The van der Waals surface area contributed by atoms with Gasteiger partial charge in [0.25, 0.3) is 11.1 Å². The Bertz CT molecular complexity index is 1080. The number of ether oxygens (including phenoxy) is 3. The number of carbonyl (C=O) groups excluding carboxylic acids is 1. The molecule has 1 amide bonds. The van der Waals surface area contributed by atoms with Gasteiger partial charge in [-0.1, -0.05) is 16.7 Å². The summed E-state index contributed by atoms with van der Waals surface area (Å²) in [4.78, 5) is 21.0. The van der Waals surface area contributed by atoms with Crippen molar-refractivity contribution >= 4 is 34.0 Å². The van der Waals surface area contributed by atoms with Crippen molar-refractivity contribution in [2.24, 2.45) is 0 Å². The molecule has 12 heteroatoms. The van der Waals surface area contributed by atoms with Crippen LogP contribution in [0.5, 0.6) is 10.9 Å². The Kier molecular flexibility index (Phi) is 8.26. The van der Waals surface area contributed by atoms with Crippen molar-refractivity contribution in [3.63, 3.8) is 0 Å². The van der Waals surface area contributed by atoms with Crippen LogP contribution >= 0.6 is 22.9 Å². The zero-order valence-electron chi connectivity index (χ0n) is 17.6. The van der Waals surface area contributed by atoms with Gasteiger partial charge < -0.3 is 14.2 Å². The van der Waals surface area contributed by atoms with Crippen molar-refractivity contribution in [3.05, 3.63) is 40.9 Å². The fourth-order valence-electron chi connectivity index (χ4n) is 2.77. The second kappa shape index (κ2) is 11.1. The third-order valence-electron chi connectivity index (χ3n) is 4.31. The van der Waals surface area contributed by atoms with E-state index in [1.807, 2.05) is 6.92 Å². The smallest absolute Gasteiger partial charge is 0.295 e. The highest BCUT2D eigenvalue weighted by Crippen LogP contribution is 2.34. The lowest BCUT2D eigenvalue weighted by Gasteiger charge is -2.13. The Labute approximate surface area is 192 Å². The summed E-state index contributed by atoms with van der Waals surface area (Å²) in [6, 6.07) is 3.42. The van der Waals surface area contributed by atoms with E-state index in [1.54, 1.807) is 12.1 Å². The zero-order valence-corrected chi connectivity index (χ0v) is 19.2. The van der Waals surface area contributed by atoms with Crippen LogP contribution < -0.4 is 14.8 Å². The molecule has 1 aliphatic rings. The number of hydrogen-bond acceptors (Lipinski definition) is 9. The average molecular weight is 482 g/mol. The molecule has 1 fully saturated rings. The predicted octanol–water partition coefficient (Wildman–Crippen LogP) is 3.97. The molecular formula is C20H21ClFN5O4S.